The van der Waals surface area contributed by atoms with Crippen molar-refractivity contribution in [1.29, 1.82) is 0 Å². The Bertz CT molecular complexity index is 946. The van der Waals surface area contributed by atoms with E-state index >= 15 is 0 Å². The molecule has 0 aliphatic heterocycles. The second-order valence-corrected chi connectivity index (χ2v) is 5.47. The van der Waals surface area contributed by atoms with Gasteiger partial charge in [-0.05, 0) is 30.7 Å². The monoisotopic (exact) mass is 351 g/mol. The van der Waals surface area contributed by atoms with Crippen LogP contribution in [0.2, 0.25) is 0 Å². The largest absolute Gasteiger partial charge is 0.497 e. The van der Waals surface area contributed by atoms with Crippen LogP contribution in [-0.4, -0.2) is 22.0 Å². The highest BCUT2D eigenvalue weighted by Crippen LogP contribution is 2.34. The molecule has 0 amide bonds. The molecule has 0 saturated heterocycles. The molecule has 132 valence electrons. The van der Waals surface area contributed by atoms with Crippen LogP contribution in [-0.2, 0) is 0 Å². The van der Waals surface area contributed by atoms with Gasteiger partial charge in [-0.2, -0.15) is 0 Å². The van der Waals surface area contributed by atoms with Crippen molar-refractivity contribution in [1.82, 2.24) is 9.97 Å². The first-order chi connectivity index (χ1) is 12.6. The lowest BCUT2D eigenvalue weighted by molar-refractivity contribution is -0.383. The lowest BCUT2D eigenvalue weighted by atomic mass is 10.2. The summed E-state index contributed by atoms with van der Waals surface area (Å²) >= 11 is 0. The summed E-state index contributed by atoms with van der Waals surface area (Å²) in [6, 6.07) is 14.5. The van der Waals surface area contributed by atoms with E-state index in [4.69, 9.17) is 4.74 Å². The van der Waals surface area contributed by atoms with Gasteiger partial charge in [-0.3, -0.25) is 10.1 Å². The Balaban J connectivity index is 1.98. The van der Waals surface area contributed by atoms with Crippen LogP contribution >= 0.6 is 0 Å². The van der Waals surface area contributed by atoms with Gasteiger partial charge in [-0.25, -0.2) is 9.97 Å². The summed E-state index contributed by atoms with van der Waals surface area (Å²) in [6.07, 6.45) is 1.27. The molecule has 0 radical (unpaired) electrons. The first kappa shape index (κ1) is 17.2. The fourth-order valence-electron chi connectivity index (χ4n) is 2.41. The maximum absolute atomic E-state index is 11.7. The number of anilines is 4. The maximum Gasteiger partial charge on any atom is 0.353 e. The number of hydrogen-bond acceptors (Lipinski definition) is 7. The fraction of sp³-hybridized carbons (Fsp3) is 0.111. The van der Waals surface area contributed by atoms with Gasteiger partial charge in [-0.1, -0.05) is 24.3 Å². The number of benzene rings is 2. The number of aryl methyl sites for hydroxylation is 1. The van der Waals surface area contributed by atoms with Crippen LogP contribution in [0.4, 0.5) is 28.7 Å². The van der Waals surface area contributed by atoms with E-state index in [0.29, 0.717) is 11.4 Å². The zero-order valence-electron chi connectivity index (χ0n) is 14.3. The zero-order valence-corrected chi connectivity index (χ0v) is 14.3. The quantitative estimate of drug-likeness (QED) is 0.507. The van der Waals surface area contributed by atoms with Crippen molar-refractivity contribution < 1.29 is 9.66 Å². The minimum absolute atomic E-state index is 0.0920. The van der Waals surface area contributed by atoms with Gasteiger partial charge in [0.1, 0.15) is 12.1 Å². The Kier molecular flexibility index (Phi) is 4.93. The van der Waals surface area contributed by atoms with E-state index in [-0.39, 0.29) is 17.3 Å². The van der Waals surface area contributed by atoms with Crippen molar-refractivity contribution >= 4 is 28.7 Å². The second kappa shape index (κ2) is 7.47. The van der Waals surface area contributed by atoms with Crippen molar-refractivity contribution in [2.75, 3.05) is 17.7 Å². The highest BCUT2D eigenvalue weighted by molar-refractivity contribution is 5.77. The number of nitrogens with one attached hydrogen (secondary N) is 2. The highest BCUT2D eigenvalue weighted by atomic mass is 16.6. The Morgan fingerprint density at radius 1 is 1.04 bits per heavy atom. The molecule has 0 bridgehead atoms. The van der Waals surface area contributed by atoms with Crippen molar-refractivity contribution in [3.8, 4) is 5.75 Å². The van der Waals surface area contributed by atoms with Crippen LogP contribution in [0, 0.1) is 17.0 Å². The number of para-hydroxylation sites is 1. The number of hydrogen-bond donors (Lipinski definition) is 2. The maximum atomic E-state index is 11.7. The molecule has 2 N–H and O–H groups in total. The molecule has 2 aromatic carbocycles. The second-order valence-electron chi connectivity index (χ2n) is 5.47. The summed E-state index contributed by atoms with van der Waals surface area (Å²) in [5, 5.41) is 17.6. The van der Waals surface area contributed by atoms with E-state index < -0.39 is 4.92 Å². The predicted molar refractivity (Wildman–Crippen MR) is 99.4 cm³/mol. The van der Waals surface area contributed by atoms with Gasteiger partial charge in [0.25, 0.3) is 0 Å². The van der Waals surface area contributed by atoms with E-state index in [9.17, 15) is 10.1 Å². The van der Waals surface area contributed by atoms with Gasteiger partial charge >= 0.3 is 5.69 Å². The summed E-state index contributed by atoms with van der Waals surface area (Å²) in [7, 11) is 1.55. The number of methoxy groups -OCH3 is 1. The molecule has 0 aliphatic rings. The smallest absolute Gasteiger partial charge is 0.353 e. The van der Waals surface area contributed by atoms with Gasteiger partial charge in [0, 0.05) is 17.4 Å². The SMILES string of the molecule is COc1cccc(Nc2ncnc(Nc3ccccc3C)c2[N+](=O)[O-])c1. The van der Waals surface area contributed by atoms with Gasteiger partial charge < -0.3 is 15.4 Å². The number of nitro groups is 1. The van der Waals surface area contributed by atoms with E-state index in [1.54, 1.807) is 31.4 Å². The van der Waals surface area contributed by atoms with Crippen molar-refractivity contribution in [2.24, 2.45) is 0 Å². The van der Waals surface area contributed by atoms with Gasteiger partial charge in [0.2, 0.25) is 11.6 Å². The van der Waals surface area contributed by atoms with Gasteiger partial charge in [0.15, 0.2) is 0 Å². The minimum atomic E-state index is -0.511. The standard InChI is InChI=1S/C18H17N5O3/c1-12-6-3-4-9-15(12)22-18-16(23(24)25)17(19-11-20-18)21-13-7-5-8-14(10-13)26-2/h3-11H,1-2H3,(H2,19,20,21,22). The zero-order chi connectivity index (χ0) is 18.5. The topological polar surface area (TPSA) is 102 Å². The Morgan fingerprint density at radius 3 is 2.46 bits per heavy atom. The fourth-order valence-corrected chi connectivity index (χ4v) is 2.41. The molecular formula is C18H17N5O3. The predicted octanol–water partition coefficient (Wildman–Crippen LogP) is 4.19. The average molecular weight is 351 g/mol. The third kappa shape index (κ3) is 3.69. The first-order valence-corrected chi connectivity index (χ1v) is 7.81. The number of ether oxygens (including phenoxy) is 1. The number of nitrogens with zero attached hydrogens (tertiary/aromatic N) is 3. The van der Waals surface area contributed by atoms with Crippen LogP contribution in [0.15, 0.2) is 54.9 Å². The van der Waals surface area contributed by atoms with Crippen molar-refractivity contribution in [2.45, 2.75) is 6.92 Å². The summed E-state index contributed by atoms with van der Waals surface area (Å²) in [5.74, 6) is 0.837. The summed E-state index contributed by atoms with van der Waals surface area (Å²) in [5.41, 5.74) is 2.07. The van der Waals surface area contributed by atoms with Crippen LogP contribution in [0.25, 0.3) is 0 Å². The highest BCUT2D eigenvalue weighted by Gasteiger charge is 2.23. The van der Waals surface area contributed by atoms with Gasteiger partial charge in [0.05, 0.1) is 12.0 Å². The number of aromatic nitrogens is 2. The third-order valence-corrected chi connectivity index (χ3v) is 3.74. The lowest BCUT2D eigenvalue weighted by Gasteiger charge is -2.12. The molecule has 1 heterocycles. The molecule has 0 spiro atoms. The summed E-state index contributed by atoms with van der Waals surface area (Å²) in [4.78, 5) is 19.2. The molecule has 26 heavy (non-hydrogen) atoms. The van der Waals surface area contributed by atoms with Gasteiger partial charge in [-0.15, -0.1) is 0 Å². The summed E-state index contributed by atoms with van der Waals surface area (Å²) in [6.45, 7) is 1.91. The van der Waals surface area contributed by atoms with E-state index in [0.717, 1.165) is 11.3 Å². The average Bonchev–Trinajstić information content (AvgIpc) is 2.63. The van der Waals surface area contributed by atoms with E-state index in [1.165, 1.54) is 6.33 Å². The lowest BCUT2D eigenvalue weighted by Crippen LogP contribution is -2.06. The molecule has 0 saturated carbocycles. The molecule has 1 aromatic heterocycles. The van der Waals surface area contributed by atoms with Crippen LogP contribution in [0.1, 0.15) is 5.56 Å². The molecule has 0 aliphatic carbocycles. The molecule has 8 nitrogen and oxygen atoms in total. The van der Waals surface area contributed by atoms with Crippen molar-refractivity contribution in [3.63, 3.8) is 0 Å². The van der Waals surface area contributed by atoms with E-state index in [1.807, 2.05) is 31.2 Å². The molecule has 0 atom stereocenters. The molecular weight excluding hydrogens is 334 g/mol. The van der Waals surface area contributed by atoms with Crippen LogP contribution < -0.4 is 15.4 Å². The normalized spacial score (nSPS) is 10.2. The molecule has 8 heteroatoms. The summed E-state index contributed by atoms with van der Waals surface area (Å²) < 4.78 is 5.17. The molecule has 0 unspecified atom stereocenters. The molecule has 3 rings (SSSR count). The van der Waals surface area contributed by atoms with Crippen LogP contribution in [0.3, 0.4) is 0 Å². The molecule has 0 fully saturated rings. The Morgan fingerprint density at radius 2 is 1.77 bits per heavy atom. The Hall–Kier alpha value is -3.68. The van der Waals surface area contributed by atoms with Crippen LogP contribution in [0.5, 0.6) is 5.75 Å². The third-order valence-electron chi connectivity index (χ3n) is 3.74. The number of rotatable bonds is 6. The first-order valence-electron chi connectivity index (χ1n) is 7.81. The van der Waals surface area contributed by atoms with E-state index in [2.05, 4.69) is 20.6 Å². The van der Waals surface area contributed by atoms with Crippen molar-refractivity contribution in [3.05, 3.63) is 70.5 Å². The Labute approximate surface area is 150 Å². The minimum Gasteiger partial charge on any atom is -0.497 e. The molecule has 3 aromatic rings.